The van der Waals surface area contributed by atoms with Crippen LogP contribution in [0.25, 0.3) is 5.69 Å². The number of aromatic nitrogens is 2. The minimum absolute atomic E-state index is 0.122. The Balaban J connectivity index is 2.51. The molecule has 0 aliphatic rings. The fraction of sp³-hybridized carbons (Fsp3) is 0.250. The van der Waals surface area contributed by atoms with E-state index in [1.165, 1.54) is 0 Å². The summed E-state index contributed by atoms with van der Waals surface area (Å²) in [5.74, 6) is 0. The molecule has 0 spiro atoms. The first-order valence-electron chi connectivity index (χ1n) is 5.53. The smallest absolute Gasteiger partial charge is 0.297 e. The van der Waals surface area contributed by atoms with E-state index in [-0.39, 0.29) is 11.5 Å². The van der Waals surface area contributed by atoms with Crippen LogP contribution < -0.4 is 0 Å². The quantitative estimate of drug-likeness (QED) is 0.793. The fourth-order valence-electron chi connectivity index (χ4n) is 1.65. The Morgan fingerprint density at radius 1 is 1.39 bits per heavy atom. The van der Waals surface area contributed by atoms with Gasteiger partial charge in [0.25, 0.3) is 10.1 Å². The molecule has 1 aromatic heterocycles. The highest BCUT2D eigenvalue weighted by atomic mass is 32.2. The lowest BCUT2D eigenvalue weighted by Gasteiger charge is -2.09. The minimum Gasteiger partial charge on any atom is -0.306 e. The molecule has 0 radical (unpaired) electrons. The van der Waals surface area contributed by atoms with E-state index in [4.69, 9.17) is 4.18 Å². The maximum absolute atomic E-state index is 11.8. The zero-order valence-corrected chi connectivity index (χ0v) is 11.0. The van der Waals surface area contributed by atoms with E-state index < -0.39 is 10.1 Å². The molecule has 1 aromatic carbocycles. The zero-order valence-electron chi connectivity index (χ0n) is 10.2. The Bertz CT molecular complexity index is 633. The average molecular weight is 266 g/mol. The van der Waals surface area contributed by atoms with Gasteiger partial charge in [-0.15, -0.1) is 0 Å². The zero-order chi connectivity index (χ0) is 13.2. The van der Waals surface area contributed by atoms with Gasteiger partial charge >= 0.3 is 0 Å². The van der Waals surface area contributed by atoms with Gasteiger partial charge in [0.1, 0.15) is 0 Å². The summed E-state index contributed by atoms with van der Waals surface area (Å²) in [6.07, 6.45) is 5.03. The van der Waals surface area contributed by atoms with E-state index in [1.54, 1.807) is 48.4 Å². The molecule has 0 unspecified atom stereocenters. The summed E-state index contributed by atoms with van der Waals surface area (Å²) < 4.78 is 30.2. The molecule has 5 nitrogen and oxygen atoms in total. The molecule has 0 atom stereocenters. The van der Waals surface area contributed by atoms with Gasteiger partial charge < -0.3 is 4.57 Å². The lowest BCUT2D eigenvalue weighted by atomic mass is 10.2. The molecule has 0 saturated heterocycles. The molecule has 0 aliphatic heterocycles. The molecule has 0 saturated carbocycles. The van der Waals surface area contributed by atoms with Crippen molar-refractivity contribution in [2.45, 2.75) is 18.7 Å². The second kappa shape index (κ2) is 4.91. The predicted molar refractivity (Wildman–Crippen MR) is 67.1 cm³/mol. The molecule has 0 aliphatic carbocycles. The van der Waals surface area contributed by atoms with Crippen molar-refractivity contribution in [1.82, 2.24) is 9.55 Å². The average Bonchev–Trinajstić information content (AvgIpc) is 2.82. The third kappa shape index (κ3) is 2.44. The molecule has 1 heterocycles. The first-order valence-corrected chi connectivity index (χ1v) is 6.94. The number of rotatable bonds is 4. The lowest BCUT2D eigenvalue weighted by molar-refractivity contribution is 0.338. The number of nitrogens with zero attached hydrogens (tertiary/aromatic N) is 2. The summed E-state index contributed by atoms with van der Waals surface area (Å²) in [7, 11) is -3.67. The molecular formula is C12H14N2O3S. The van der Waals surface area contributed by atoms with Gasteiger partial charge in [0.15, 0.2) is 0 Å². The summed E-state index contributed by atoms with van der Waals surface area (Å²) in [6, 6.07) is 4.88. The van der Waals surface area contributed by atoms with Crippen molar-refractivity contribution >= 4 is 10.1 Å². The van der Waals surface area contributed by atoms with Crippen LogP contribution in [0.1, 0.15) is 12.5 Å². The van der Waals surface area contributed by atoms with Crippen molar-refractivity contribution < 1.29 is 12.6 Å². The van der Waals surface area contributed by atoms with Crippen LogP contribution in [0.3, 0.4) is 0 Å². The maximum Gasteiger partial charge on any atom is 0.297 e. The van der Waals surface area contributed by atoms with E-state index in [0.29, 0.717) is 0 Å². The highest BCUT2D eigenvalue weighted by Gasteiger charge is 2.16. The molecule has 6 heteroatoms. The van der Waals surface area contributed by atoms with Gasteiger partial charge in [-0.05, 0) is 31.5 Å². The Morgan fingerprint density at radius 3 is 2.78 bits per heavy atom. The van der Waals surface area contributed by atoms with Crippen LogP contribution in [0, 0.1) is 6.92 Å². The maximum atomic E-state index is 11.8. The standard InChI is InChI=1S/C12H14N2O3S/c1-3-17-18(15,16)11-5-4-10(2)12(8-11)14-7-6-13-9-14/h4-9H,3H2,1-2H3. The molecule has 96 valence electrons. The van der Waals surface area contributed by atoms with Crippen LogP contribution in [-0.2, 0) is 14.3 Å². The molecule has 0 N–H and O–H groups in total. The Hall–Kier alpha value is -1.66. The van der Waals surface area contributed by atoms with Crippen LogP contribution in [-0.4, -0.2) is 24.6 Å². The third-order valence-electron chi connectivity index (χ3n) is 2.52. The fourth-order valence-corrected chi connectivity index (χ4v) is 2.58. The summed E-state index contributed by atoms with van der Waals surface area (Å²) in [6.45, 7) is 3.67. The van der Waals surface area contributed by atoms with E-state index >= 15 is 0 Å². The lowest BCUT2D eigenvalue weighted by Crippen LogP contribution is -2.07. The van der Waals surface area contributed by atoms with Gasteiger partial charge in [-0.25, -0.2) is 4.98 Å². The van der Waals surface area contributed by atoms with Crippen molar-refractivity contribution in [2.24, 2.45) is 0 Å². The second-order valence-corrected chi connectivity index (χ2v) is 5.39. The SMILES string of the molecule is CCOS(=O)(=O)c1ccc(C)c(-n2ccnc2)c1. The van der Waals surface area contributed by atoms with Gasteiger partial charge in [-0.1, -0.05) is 6.07 Å². The summed E-state index contributed by atoms with van der Waals surface area (Å²) in [4.78, 5) is 4.10. The molecule has 18 heavy (non-hydrogen) atoms. The number of aryl methyl sites for hydroxylation is 1. The predicted octanol–water partition coefficient (Wildman–Crippen LogP) is 1.91. The van der Waals surface area contributed by atoms with Gasteiger partial charge in [0, 0.05) is 12.4 Å². The topological polar surface area (TPSA) is 61.2 Å². The third-order valence-corrected chi connectivity index (χ3v) is 3.90. The van der Waals surface area contributed by atoms with Crippen LogP contribution in [0.15, 0.2) is 41.8 Å². The highest BCUT2D eigenvalue weighted by Crippen LogP contribution is 2.20. The number of imidazole rings is 1. The van der Waals surface area contributed by atoms with Gasteiger partial charge in [-0.2, -0.15) is 8.42 Å². The van der Waals surface area contributed by atoms with Crippen molar-refractivity contribution in [1.29, 1.82) is 0 Å². The summed E-state index contributed by atoms with van der Waals surface area (Å²) in [5, 5.41) is 0. The largest absolute Gasteiger partial charge is 0.306 e. The van der Waals surface area contributed by atoms with Gasteiger partial charge in [0.05, 0.1) is 23.5 Å². The number of hydrogen-bond donors (Lipinski definition) is 0. The minimum atomic E-state index is -3.67. The van der Waals surface area contributed by atoms with Crippen LogP contribution in [0.4, 0.5) is 0 Å². The summed E-state index contributed by atoms with van der Waals surface area (Å²) in [5.41, 5.74) is 1.73. The molecule has 0 bridgehead atoms. The first kappa shape index (κ1) is 12.8. The normalized spacial score (nSPS) is 11.7. The van der Waals surface area contributed by atoms with E-state index in [9.17, 15) is 8.42 Å². The number of benzene rings is 1. The summed E-state index contributed by atoms with van der Waals surface area (Å²) >= 11 is 0. The second-order valence-electron chi connectivity index (χ2n) is 3.78. The van der Waals surface area contributed by atoms with Crippen LogP contribution in [0.5, 0.6) is 0 Å². The highest BCUT2D eigenvalue weighted by molar-refractivity contribution is 7.86. The number of hydrogen-bond acceptors (Lipinski definition) is 4. The first-order chi connectivity index (χ1) is 8.54. The van der Waals surface area contributed by atoms with Crippen molar-refractivity contribution in [3.8, 4) is 5.69 Å². The van der Waals surface area contributed by atoms with Gasteiger partial charge in [-0.3, -0.25) is 4.18 Å². The van der Waals surface area contributed by atoms with Gasteiger partial charge in [0.2, 0.25) is 0 Å². The molecule has 2 rings (SSSR count). The Morgan fingerprint density at radius 2 is 2.17 bits per heavy atom. The van der Waals surface area contributed by atoms with Crippen LogP contribution >= 0.6 is 0 Å². The van der Waals surface area contributed by atoms with E-state index in [0.717, 1.165) is 11.3 Å². The Labute approximate surface area is 106 Å². The molecule has 0 amide bonds. The van der Waals surface area contributed by atoms with Crippen molar-refractivity contribution in [3.63, 3.8) is 0 Å². The Kier molecular flexibility index (Phi) is 3.49. The van der Waals surface area contributed by atoms with E-state index in [1.807, 2.05) is 6.92 Å². The van der Waals surface area contributed by atoms with Crippen molar-refractivity contribution in [3.05, 3.63) is 42.5 Å². The van der Waals surface area contributed by atoms with Crippen LogP contribution in [0.2, 0.25) is 0 Å². The molecule has 2 aromatic rings. The monoisotopic (exact) mass is 266 g/mol. The molecule has 0 fully saturated rings. The molecular weight excluding hydrogens is 252 g/mol. The van der Waals surface area contributed by atoms with Crippen molar-refractivity contribution in [2.75, 3.05) is 6.61 Å². The van der Waals surface area contributed by atoms with E-state index in [2.05, 4.69) is 4.98 Å².